The summed E-state index contributed by atoms with van der Waals surface area (Å²) < 4.78 is 181. The summed E-state index contributed by atoms with van der Waals surface area (Å²) >= 11 is 0. The summed E-state index contributed by atoms with van der Waals surface area (Å²) in [5, 5.41) is 9.35. The molecule has 0 fully saturated rings. The van der Waals surface area contributed by atoms with Crippen molar-refractivity contribution in [3.63, 3.8) is 0 Å². The average Bonchev–Trinajstić information content (AvgIpc) is 2.42. The van der Waals surface area contributed by atoms with E-state index in [1.54, 1.807) is 0 Å². The maximum absolute atomic E-state index is 12.6. The van der Waals surface area contributed by atoms with Crippen molar-refractivity contribution in [2.24, 2.45) is 0 Å². The minimum atomic E-state index is -6.98. The Morgan fingerprint density at radius 1 is 0.571 bits per heavy atom. The van der Waals surface area contributed by atoms with E-state index < -0.39 is 78.6 Å². The first-order valence-corrected chi connectivity index (χ1v) is 10.3. The molecule has 0 spiro atoms. The lowest BCUT2D eigenvalue weighted by molar-refractivity contribution is -0.0439. The number of hydrogen-bond acceptors (Lipinski definition) is 7. The maximum Gasteiger partial charge on any atom is 0.502 e. The lowest BCUT2D eigenvalue weighted by atomic mass is 10.3. The van der Waals surface area contributed by atoms with Crippen LogP contribution in [0.2, 0.25) is 0 Å². The highest BCUT2D eigenvalue weighted by atomic mass is 32.2. The van der Waals surface area contributed by atoms with Crippen LogP contribution in [0.5, 0.6) is 5.75 Å². The van der Waals surface area contributed by atoms with Crippen molar-refractivity contribution in [1.82, 2.24) is 0 Å². The van der Waals surface area contributed by atoms with Crippen molar-refractivity contribution < 1.29 is 69.9 Å². The van der Waals surface area contributed by atoms with Gasteiger partial charge in [-0.15, -0.1) is 0 Å². The van der Waals surface area contributed by atoms with E-state index in [1.165, 1.54) is 0 Å². The number of phenolic OH excluding ortho intramolecular Hbond substituents is 1. The van der Waals surface area contributed by atoms with Crippen LogP contribution in [0.4, 0.5) is 39.5 Å². The lowest BCUT2D eigenvalue weighted by Gasteiger charge is -2.16. The van der Waals surface area contributed by atoms with Gasteiger partial charge in [0.25, 0.3) is 29.5 Å². The van der Waals surface area contributed by atoms with E-state index in [0.29, 0.717) is 0 Å². The summed E-state index contributed by atoms with van der Waals surface area (Å²) in [7, 11) is -20.8. The van der Waals surface area contributed by atoms with Gasteiger partial charge in [-0.25, -0.2) is 25.3 Å². The lowest BCUT2D eigenvalue weighted by Crippen LogP contribution is -2.28. The molecule has 0 saturated carbocycles. The van der Waals surface area contributed by atoms with E-state index in [0.717, 1.165) is 0 Å². The summed E-state index contributed by atoms with van der Waals surface area (Å²) in [6, 6.07) is -1.92. The molecule has 19 heteroatoms. The second-order valence-electron chi connectivity index (χ2n) is 4.62. The Morgan fingerprint density at radius 3 is 1.04 bits per heavy atom. The smallest absolute Gasteiger partial charge is 0.502 e. The molecular weight excluding hydrogens is 487 g/mol. The topological polar surface area (TPSA) is 123 Å². The fourth-order valence-corrected chi connectivity index (χ4v) is 4.33. The van der Waals surface area contributed by atoms with Crippen molar-refractivity contribution in [1.29, 1.82) is 0 Å². The molecule has 1 aromatic carbocycles. The van der Waals surface area contributed by atoms with Crippen LogP contribution < -0.4 is 0 Å². The highest BCUT2D eigenvalue weighted by Gasteiger charge is 2.55. The molecule has 28 heavy (non-hydrogen) atoms. The van der Waals surface area contributed by atoms with Gasteiger partial charge in [0, 0.05) is 0 Å². The Kier molecular flexibility index (Phi) is 5.53. The standard InChI is InChI=1S/C9H3F9O7S3/c10-7(11,12)26(20,21)3-1-4(27(22,23)8(13,14)15)6(19)5(2-3)28(24,25)9(16,17)18/h1-2,19H. The quantitative estimate of drug-likeness (QED) is 0.645. The van der Waals surface area contributed by atoms with Crippen LogP contribution in [0, 0.1) is 0 Å². The minimum Gasteiger partial charge on any atom is -0.505 e. The van der Waals surface area contributed by atoms with Gasteiger partial charge in [0.15, 0.2) is 5.75 Å². The van der Waals surface area contributed by atoms with E-state index in [9.17, 15) is 69.9 Å². The van der Waals surface area contributed by atoms with Gasteiger partial charge >= 0.3 is 16.5 Å². The van der Waals surface area contributed by atoms with Crippen LogP contribution >= 0.6 is 0 Å². The summed E-state index contributed by atoms with van der Waals surface area (Å²) in [5.41, 5.74) is -19.3. The fourth-order valence-electron chi connectivity index (χ4n) is 1.51. The van der Waals surface area contributed by atoms with Crippen LogP contribution in [0.1, 0.15) is 0 Å². The zero-order valence-corrected chi connectivity index (χ0v) is 14.6. The van der Waals surface area contributed by atoms with Gasteiger partial charge in [0.1, 0.15) is 9.79 Å². The molecule has 0 aliphatic carbocycles. The van der Waals surface area contributed by atoms with Crippen molar-refractivity contribution in [3.05, 3.63) is 12.1 Å². The number of sulfone groups is 3. The predicted octanol–water partition coefficient (Wildman–Crippen LogP) is 2.27. The molecule has 0 radical (unpaired) electrons. The van der Waals surface area contributed by atoms with Crippen molar-refractivity contribution in [2.45, 2.75) is 31.2 Å². The molecule has 0 heterocycles. The largest absolute Gasteiger partial charge is 0.505 e. The molecular formula is C9H3F9O7S3. The first kappa shape index (κ1) is 24.3. The Bertz CT molecular complexity index is 1040. The second-order valence-corrected chi connectivity index (χ2v) is 10.4. The SMILES string of the molecule is O=S(=O)(c1cc(S(=O)(=O)C(F)(F)F)c(O)c(S(=O)(=O)C(F)(F)F)c1)C(F)(F)F. The van der Waals surface area contributed by atoms with Crippen LogP contribution in [0.25, 0.3) is 0 Å². The first-order valence-electron chi connectivity index (χ1n) is 5.80. The molecule has 0 aromatic heterocycles. The van der Waals surface area contributed by atoms with E-state index in [-0.39, 0.29) is 0 Å². The van der Waals surface area contributed by atoms with E-state index in [1.807, 2.05) is 0 Å². The molecule has 7 nitrogen and oxygen atoms in total. The van der Waals surface area contributed by atoms with Crippen molar-refractivity contribution in [2.75, 3.05) is 0 Å². The second kappa shape index (κ2) is 6.37. The number of halogens is 9. The van der Waals surface area contributed by atoms with Gasteiger partial charge in [-0.05, 0) is 12.1 Å². The van der Waals surface area contributed by atoms with Gasteiger partial charge in [-0.3, -0.25) is 0 Å². The summed E-state index contributed by atoms with van der Waals surface area (Å²) in [6.45, 7) is 0. The molecule has 0 bridgehead atoms. The number of alkyl halides is 9. The third kappa shape index (κ3) is 3.73. The van der Waals surface area contributed by atoms with Gasteiger partial charge in [-0.1, -0.05) is 0 Å². The zero-order valence-electron chi connectivity index (χ0n) is 12.2. The third-order valence-corrected chi connectivity index (χ3v) is 7.28. The molecule has 0 amide bonds. The Morgan fingerprint density at radius 2 is 0.821 bits per heavy atom. The third-order valence-electron chi connectivity index (χ3n) is 2.82. The highest BCUT2D eigenvalue weighted by molar-refractivity contribution is 7.94. The normalized spacial score (nSPS) is 14.9. The Balaban J connectivity index is 4.25. The van der Waals surface area contributed by atoms with Crippen LogP contribution in [0.15, 0.2) is 26.8 Å². The number of rotatable bonds is 3. The minimum absolute atomic E-state index is 0.962. The molecule has 0 aliphatic rings. The molecule has 0 atom stereocenters. The molecule has 162 valence electrons. The molecule has 1 aromatic rings. The number of aromatic hydroxyl groups is 1. The first-order chi connectivity index (χ1) is 12.0. The Hall–Kier alpha value is -1.76. The maximum atomic E-state index is 12.6. The number of benzene rings is 1. The van der Waals surface area contributed by atoms with Crippen molar-refractivity contribution in [3.8, 4) is 5.75 Å². The fraction of sp³-hybridized carbons (Fsp3) is 0.333. The monoisotopic (exact) mass is 490 g/mol. The molecule has 0 saturated heterocycles. The van der Waals surface area contributed by atoms with Crippen LogP contribution in [-0.4, -0.2) is 46.9 Å². The van der Waals surface area contributed by atoms with Crippen LogP contribution in [0.3, 0.4) is 0 Å². The predicted molar refractivity (Wildman–Crippen MR) is 67.8 cm³/mol. The zero-order chi connectivity index (χ0) is 22.7. The van der Waals surface area contributed by atoms with E-state index in [2.05, 4.69) is 0 Å². The van der Waals surface area contributed by atoms with Gasteiger partial charge in [0.05, 0.1) is 4.90 Å². The average molecular weight is 490 g/mol. The van der Waals surface area contributed by atoms with Gasteiger partial charge < -0.3 is 5.11 Å². The molecule has 0 aliphatic heterocycles. The number of phenols is 1. The number of hydrogen-bond donors (Lipinski definition) is 1. The van der Waals surface area contributed by atoms with Gasteiger partial charge in [0.2, 0.25) is 0 Å². The molecule has 0 unspecified atom stereocenters. The van der Waals surface area contributed by atoms with Gasteiger partial charge in [-0.2, -0.15) is 39.5 Å². The summed E-state index contributed by atoms with van der Waals surface area (Å²) in [6.07, 6.45) is 0. The van der Waals surface area contributed by atoms with Crippen LogP contribution in [-0.2, 0) is 29.5 Å². The Labute approximate surface area is 149 Å². The summed E-state index contributed by atoms with van der Waals surface area (Å²) in [5.74, 6) is -2.77. The highest BCUT2D eigenvalue weighted by Crippen LogP contribution is 2.44. The van der Waals surface area contributed by atoms with E-state index in [4.69, 9.17) is 0 Å². The van der Waals surface area contributed by atoms with E-state index >= 15 is 0 Å². The molecule has 1 N–H and O–H groups in total. The molecule has 1 rings (SSSR count). The van der Waals surface area contributed by atoms with Crippen molar-refractivity contribution >= 4 is 29.5 Å². The summed E-state index contributed by atoms with van der Waals surface area (Å²) in [4.78, 5) is -8.27.